The second-order valence-corrected chi connectivity index (χ2v) is 7.17. The van der Waals surface area contributed by atoms with E-state index in [4.69, 9.17) is 0 Å². The second kappa shape index (κ2) is 10.0. The van der Waals surface area contributed by atoms with Crippen LogP contribution in [-0.2, 0) is 19.7 Å². The van der Waals surface area contributed by atoms with Gasteiger partial charge in [0.15, 0.2) is 0 Å². The molecule has 1 aromatic carbocycles. The highest BCUT2D eigenvalue weighted by Gasteiger charge is 2.27. The lowest BCUT2D eigenvalue weighted by atomic mass is 9.79. The van der Waals surface area contributed by atoms with Crippen LogP contribution in [0.15, 0.2) is 12.1 Å². The van der Waals surface area contributed by atoms with Crippen LogP contribution >= 0.6 is 0 Å². The van der Waals surface area contributed by atoms with Crippen molar-refractivity contribution in [3.05, 3.63) is 17.7 Å². The Morgan fingerprint density at radius 1 is 1.12 bits per heavy atom. The molecule has 0 aliphatic rings. The Labute approximate surface area is 155 Å². The van der Waals surface area contributed by atoms with Gasteiger partial charge in [-0.15, -0.1) is 0 Å². The fraction of sp³-hybridized carbons (Fsp3) is 0.600. The summed E-state index contributed by atoms with van der Waals surface area (Å²) in [5, 5.41) is 23.3. The van der Waals surface area contributed by atoms with Crippen LogP contribution in [0.4, 0.5) is 5.69 Å². The maximum Gasteiger partial charge on any atom is 0.305 e. The lowest BCUT2D eigenvalue weighted by Gasteiger charge is -2.27. The first-order valence-corrected chi connectivity index (χ1v) is 9.15. The molecule has 0 fully saturated rings. The molecule has 1 aromatic rings. The van der Waals surface area contributed by atoms with Crippen molar-refractivity contribution in [2.24, 2.45) is 0 Å². The van der Waals surface area contributed by atoms with Crippen molar-refractivity contribution in [1.82, 2.24) is 0 Å². The van der Waals surface area contributed by atoms with E-state index < -0.39 is 5.41 Å². The molecule has 146 valence electrons. The molecule has 0 radical (unpaired) electrons. The summed E-state index contributed by atoms with van der Waals surface area (Å²) in [6.07, 6.45) is 4.64. The average molecular weight is 365 g/mol. The number of esters is 1. The molecular weight excluding hydrogens is 334 g/mol. The Morgan fingerprint density at radius 3 is 2.42 bits per heavy atom. The van der Waals surface area contributed by atoms with Crippen LogP contribution in [0, 0.1) is 0 Å². The van der Waals surface area contributed by atoms with Crippen LogP contribution in [0.25, 0.3) is 0 Å². The van der Waals surface area contributed by atoms with Gasteiger partial charge in [-0.25, -0.2) is 0 Å². The number of rotatable bonds is 10. The number of carbonyl (C=O) groups is 2. The zero-order valence-corrected chi connectivity index (χ0v) is 16.2. The molecule has 1 rings (SSSR count). The highest BCUT2D eigenvalue weighted by Crippen LogP contribution is 2.43. The van der Waals surface area contributed by atoms with Gasteiger partial charge in [0.25, 0.3) is 0 Å². The molecular formula is C20H31NO5. The number of unbranched alkanes of at least 4 members (excludes halogenated alkanes) is 2. The van der Waals surface area contributed by atoms with Gasteiger partial charge < -0.3 is 20.3 Å². The van der Waals surface area contributed by atoms with E-state index in [1.807, 2.05) is 13.8 Å². The van der Waals surface area contributed by atoms with Crippen LogP contribution in [0.5, 0.6) is 11.5 Å². The summed E-state index contributed by atoms with van der Waals surface area (Å²) in [7, 11) is 1.36. The highest BCUT2D eigenvalue weighted by atomic mass is 16.5. The molecule has 0 spiro atoms. The number of anilines is 1. The van der Waals surface area contributed by atoms with Crippen LogP contribution < -0.4 is 5.32 Å². The van der Waals surface area contributed by atoms with Crippen molar-refractivity contribution < 1.29 is 24.5 Å². The maximum atomic E-state index is 12.0. The van der Waals surface area contributed by atoms with Crippen molar-refractivity contribution in [2.75, 3.05) is 12.4 Å². The van der Waals surface area contributed by atoms with Crippen LogP contribution in [0.2, 0.25) is 0 Å². The molecule has 0 atom stereocenters. The minimum absolute atomic E-state index is 0.0463. The first kappa shape index (κ1) is 21.8. The number of carbonyl (C=O) groups excluding carboxylic acids is 2. The second-order valence-electron chi connectivity index (χ2n) is 7.17. The Kier molecular flexibility index (Phi) is 8.42. The van der Waals surface area contributed by atoms with E-state index in [2.05, 4.69) is 17.0 Å². The smallest absolute Gasteiger partial charge is 0.305 e. The Morgan fingerprint density at radius 2 is 1.81 bits per heavy atom. The van der Waals surface area contributed by atoms with E-state index in [1.165, 1.54) is 13.2 Å². The third-order valence-corrected chi connectivity index (χ3v) is 4.57. The third kappa shape index (κ3) is 6.24. The Balaban J connectivity index is 2.89. The number of nitrogens with one attached hydrogen (secondary N) is 1. The number of phenols is 2. The van der Waals surface area contributed by atoms with Crippen molar-refractivity contribution in [3.63, 3.8) is 0 Å². The quantitative estimate of drug-likeness (QED) is 0.327. The molecule has 0 aliphatic carbocycles. The summed E-state index contributed by atoms with van der Waals surface area (Å²) in [5.41, 5.74) is 0.224. The molecule has 0 aromatic heterocycles. The fourth-order valence-electron chi connectivity index (χ4n) is 2.90. The van der Waals surface area contributed by atoms with Gasteiger partial charge in [-0.2, -0.15) is 0 Å². The molecule has 0 aliphatic heterocycles. The molecule has 6 heteroatoms. The number of phenolic OH excluding ortho intramolecular Hbond substituents is 2. The first-order chi connectivity index (χ1) is 12.2. The van der Waals surface area contributed by atoms with Crippen LogP contribution in [0.1, 0.15) is 71.3 Å². The SMILES string of the molecule is CCCCCC(=O)Nc1c(O)ccc(C(C)(C)CCCC(=O)OC)c1O. The van der Waals surface area contributed by atoms with Gasteiger partial charge in [-0.05, 0) is 30.7 Å². The number of hydrogen-bond acceptors (Lipinski definition) is 5. The number of hydrogen-bond donors (Lipinski definition) is 3. The average Bonchev–Trinajstić information content (AvgIpc) is 2.58. The van der Waals surface area contributed by atoms with E-state index in [9.17, 15) is 19.8 Å². The van der Waals surface area contributed by atoms with Gasteiger partial charge in [0.05, 0.1) is 7.11 Å². The van der Waals surface area contributed by atoms with E-state index in [-0.39, 0.29) is 29.1 Å². The zero-order valence-electron chi connectivity index (χ0n) is 16.2. The molecule has 0 unspecified atom stereocenters. The number of amides is 1. The lowest BCUT2D eigenvalue weighted by molar-refractivity contribution is -0.140. The van der Waals surface area contributed by atoms with Gasteiger partial charge in [0.1, 0.15) is 17.2 Å². The minimum Gasteiger partial charge on any atom is -0.506 e. The molecule has 6 nitrogen and oxygen atoms in total. The van der Waals surface area contributed by atoms with E-state index in [1.54, 1.807) is 6.07 Å². The molecule has 0 heterocycles. The summed E-state index contributed by atoms with van der Waals surface area (Å²) in [5.74, 6) is -0.794. The van der Waals surface area contributed by atoms with Crippen LogP contribution in [0.3, 0.4) is 0 Å². The molecule has 0 saturated heterocycles. The number of methoxy groups -OCH3 is 1. The lowest BCUT2D eigenvalue weighted by Crippen LogP contribution is -2.19. The number of benzene rings is 1. The summed E-state index contributed by atoms with van der Waals surface area (Å²) in [6.45, 7) is 5.95. The number of ether oxygens (including phenoxy) is 1. The minimum atomic E-state index is -0.437. The van der Waals surface area contributed by atoms with Gasteiger partial charge in [-0.3, -0.25) is 9.59 Å². The third-order valence-electron chi connectivity index (χ3n) is 4.57. The van der Waals surface area contributed by atoms with Gasteiger partial charge in [0, 0.05) is 18.4 Å². The van der Waals surface area contributed by atoms with Crippen molar-refractivity contribution in [2.45, 2.75) is 71.1 Å². The van der Waals surface area contributed by atoms with Crippen molar-refractivity contribution in [3.8, 4) is 11.5 Å². The predicted octanol–water partition coefficient (Wildman–Crippen LogP) is 4.24. The molecule has 3 N–H and O–H groups in total. The summed E-state index contributed by atoms with van der Waals surface area (Å²) in [6, 6.07) is 3.12. The predicted molar refractivity (Wildman–Crippen MR) is 101 cm³/mol. The Bertz CT molecular complexity index is 625. The zero-order chi connectivity index (χ0) is 19.7. The van der Waals surface area contributed by atoms with Gasteiger partial charge >= 0.3 is 5.97 Å². The molecule has 0 saturated carbocycles. The normalized spacial score (nSPS) is 11.2. The largest absolute Gasteiger partial charge is 0.506 e. The van der Waals surface area contributed by atoms with Crippen LogP contribution in [-0.4, -0.2) is 29.2 Å². The van der Waals surface area contributed by atoms with Gasteiger partial charge in [0.2, 0.25) is 5.91 Å². The monoisotopic (exact) mass is 365 g/mol. The summed E-state index contributed by atoms with van der Waals surface area (Å²) >= 11 is 0. The van der Waals surface area contributed by atoms with Crippen molar-refractivity contribution in [1.29, 1.82) is 0 Å². The highest BCUT2D eigenvalue weighted by molar-refractivity contribution is 5.94. The summed E-state index contributed by atoms with van der Waals surface area (Å²) in [4.78, 5) is 23.3. The van der Waals surface area contributed by atoms with E-state index in [0.717, 1.165) is 19.3 Å². The van der Waals surface area contributed by atoms with E-state index in [0.29, 0.717) is 31.2 Å². The standard InChI is InChI=1S/C20H31NO5/c1-5-6-7-9-16(23)21-18-15(22)12-11-14(19(18)25)20(2,3)13-8-10-17(24)26-4/h11-12,22,25H,5-10,13H2,1-4H3,(H,21,23). The topological polar surface area (TPSA) is 95.9 Å². The van der Waals surface area contributed by atoms with Gasteiger partial charge in [-0.1, -0.05) is 39.7 Å². The summed E-state index contributed by atoms with van der Waals surface area (Å²) < 4.78 is 4.64. The Hall–Kier alpha value is -2.24. The molecule has 1 amide bonds. The maximum absolute atomic E-state index is 12.0. The fourth-order valence-corrected chi connectivity index (χ4v) is 2.90. The van der Waals surface area contributed by atoms with E-state index >= 15 is 0 Å². The van der Waals surface area contributed by atoms with Crippen molar-refractivity contribution >= 4 is 17.6 Å². The molecule has 0 bridgehead atoms. The molecule has 26 heavy (non-hydrogen) atoms. The number of aromatic hydroxyl groups is 2. The first-order valence-electron chi connectivity index (χ1n) is 9.15.